The van der Waals surface area contributed by atoms with Crippen LogP contribution in [-0.4, -0.2) is 34.9 Å². The van der Waals surface area contributed by atoms with Crippen LogP contribution in [0.2, 0.25) is 0 Å². The molecular formula is C14H21N5O2S. The summed E-state index contributed by atoms with van der Waals surface area (Å²) in [6.07, 6.45) is 1.20. The standard InChI is InChI=1S/C14H21N5O2S/c1-10(2)19-14(16-17-18-19)9-15-11(3)12-5-7-13(8-6-12)22(4,20)21/h5-8,10-11,15H,9H2,1-4H3/t11-/m0/s1. The van der Waals surface area contributed by atoms with E-state index in [1.54, 1.807) is 16.8 Å². The summed E-state index contributed by atoms with van der Waals surface area (Å²) in [6, 6.07) is 7.16. The van der Waals surface area contributed by atoms with Crippen molar-refractivity contribution in [1.29, 1.82) is 0 Å². The molecule has 0 aliphatic rings. The van der Waals surface area contributed by atoms with E-state index in [1.165, 1.54) is 6.26 Å². The van der Waals surface area contributed by atoms with Crippen molar-refractivity contribution in [3.63, 3.8) is 0 Å². The summed E-state index contributed by atoms with van der Waals surface area (Å²) in [5.74, 6) is 0.773. The van der Waals surface area contributed by atoms with Gasteiger partial charge in [0, 0.05) is 12.3 Å². The molecule has 1 heterocycles. The van der Waals surface area contributed by atoms with Gasteiger partial charge in [0.25, 0.3) is 0 Å². The Hall–Kier alpha value is -1.80. The molecule has 0 amide bonds. The molecule has 7 nitrogen and oxygen atoms in total. The van der Waals surface area contributed by atoms with E-state index in [2.05, 4.69) is 20.8 Å². The predicted molar refractivity (Wildman–Crippen MR) is 83.0 cm³/mol. The first-order valence-corrected chi connectivity index (χ1v) is 8.98. The maximum absolute atomic E-state index is 11.5. The lowest BCUT2D eigenvalue weighted by atomic mass is 10.1. The number of nitrogens with zero attached hydrogens (tertiary/aromatic N) is 4. The van der Waals surface area contributed by atoms with E-state index in [0.29, 0.717) is 11.4 Å². The third-order valence-electron chi connectivity index (χ3n) is 3.42. The minimum Gasteiger partial charge on any atom is -0.303 e. The molecule has 120 valence electrons. The van der Waals surface area contributed by atoms with E-state index < -0.39 is 9.84 Å². The summed E-state index contributed by atoms with van der Waals surface area (Å²) >= 11 is 0. The summed E-state index contributed by atoms with van der Waals surface area (Å²) in [5, 5.41) is 15.0. The highest BCUT2D eigenvalue weighted by molar-refractivity contribution is 7.90. The van der Waals surface area contributed by atoms with Crippen LogP contribution in [0, 0.1) is 0 Å². The van der Waals surface area contributed by atoms with Gasteiger partial charge in [-0.3, -0.25) is 0 Å². The molecule has 1 aromatic heterocycles. The van der Waals surface area contributed by atoms with Gasteiger partial charge in [0.1, 0.15) is 0 Å². The van der Waals surface area contributed by atoms with Crippen LogP contribution in [0.1, 0.15) is 44.2 Å². The van der Waals surface area contributed by atoms with Gasteiger partial charge in [-0.15, -0.1) is 5.10 Å². The van der Waals surface area contributed by atoms with Crippen molar-refractivity contribution in [1.82, 2.24) is 25.5 Å². The molecule has 1 atom stereocenters. The van der Waals surface area contributed by atoms with Gasteiger partial charge in [0.2, 0.25) is 0 Å². The first-order valence-electron chi connectivity index (χ1n) is 7.09. The Kier molecular flexibility index (Phi) is 4.92. The van der Waals surface area contributed by atoms with Crippen molar-refractivity contribution in [2.45, 2.75) is 44.3 Å². The van der Waals surface area contributed by atoms with E-state index >= 15 is 0 Å². The summed E-state index contributed by atoms with van der Waals surface area (Å²) < 4.78 is 24.7. The monoisotopic (exact) mass is 323 g/mol. The molecule has 0 unspecified atom stereocenters. The molecule has 0 radical (unpaired) electrons. The van der Waals surface area contributed by atoms with Gasteiger partial charge in [-0.1, -0.05) is 12.1 Å². The van der Waals surface area contributed by atoms with E-state index in [-0.39, 0.29) is 12.1 Å². The van der Waals surface area contributed by atoms with E-state index in [9.17, 15) is 8.42 Å². The maximum Gasteiger partial charge on any atom is 0.175 e. The highest BCUT2D eigenvalue weighted by Crippen LogP contribution is 2.16. The zero-order valence-electron chi connectivity index (χ0n) is 13.2. The Morgan fingerprint density at radius 3 is 2.36 bits per heavy atom. The Labute approximate surface area is 130 Å². The van der Waals surface area contributed by atoms with Gasteiger partial charge in [0.15, 0.2) is 15.7 Å². The summed E-state index contributed by atoms with van der Waals surface area (Å²) in [6.45, 7) is 6.60. The third-order valence-corrected chi connectivity index (χ3v) is 4.55. The molecule has 0 aliphatic heterocycles. The SMILES string of the molecule is CC(C)n1nnnc1CN[C@@H](C)c1ccc(S(C)(=O)=O)cc1. The van der Waals surface area contributed by atoms with Crippen molar-refractivity contribution in [3.05, 3.63) is 35.7 Å². The molecular weight excluding hydrogens is 302 g/mol. The van der Waals surface area contributed by atoms with Crippen molar-refractivity contribution in [2.75, 3.05) is 6.26 Å². The molecule has 0 saturated carbocycles. The molecule has 0 spiro atoms. The number of rotatable bonds is 6. The van der Waals surface area contributed by atoms with Crippen LogP contribution in [-0.2, 0) is 16.4 Å². The van der Waals surface area contributed by atoms with Crippen LogP contribution >= 0.6 is 0 Å². The normalized spacial score (nSPS) is 13.5. The van der Waals surface area contributed by atoms with Crippen LogP contribution in [0.25, 0.3) is 0 Å². The fraction of sp³-hybridized carbons (Fsp3) is 0.500. The molecule has 0 saturated heterocycles. The quantitative estimate of drug-likeness (QED) is 0.866. The van der Waals surface area contributed by atoms with Gasteiger partial charge in [-0.25, -0.2) is 13.1 Å². The average Bonchev–Trinajstić information content (AvgIpc) is 2.92. The van der Waals surface area contributed by atoms with E-state index in [0.717, 1.165) is 11.4 Å². The topological polar surface area (TPSA) is 89.8 Å². The second-order valence-corrected chi connectivity index (χ2v) is 7.59. The number of sulfone groups is 1. The van der Waals surface area contributed by atoms with Crippen LogP contribution < -0.4 is 5.32 Å². The van der Waals surface area contributed by atoms with Crippen molar-refractivity contribution in [2.24, 2.45) is 0 Å². The maximum atomic E-state index is 11.5. The Morgan fingerprint density at radius 1 is 1.18 bits per heavy atom. The highest BCUT2D eigenvalue weighted by Gasteiger charge is 2.12. The van der Waals surface area contributed by atoms with Gasteiger partial charge in [-0.05, 0) is 48.9 Å². The Balaban J connectivity index is 2.03. The van der Waals surface area contributed by atoms with Crippen molar-refractivity contribution in [3.8, 4) is 0 Å². The molecule has 1 aromatic carbocycles. The molecule has 0 bridgehead atoms. The number of benzene rings is 1. The molecule has 0 aliphatic carbocycles. The molecule has 2 aromatic rings. The van der Waals surface area contributed by atoms with Gasteiger partial charge in [0.05, 0.1) is 17.5 Å². The lowest BCUT2D eigenvalue weighted by Gasteiger charge is -2.15. The second-order valence-electron chi connectivity index (χ2n) is 5.58. The zero-order valence-corrected chi connectivity index (χ0v) is 14.0. The van der Waals surface area contributed by atoms with Crippen LogP contribution in [0.15, 0.2) is 29.2 Å². The van der Waals surface area contributed by atoms with E-state index in [1.807, 2.05) is 32.9 Å². The first-order chi connectivity index (χ1) is 10.3. The number of aromatic nitrogens is 4. The minimum atomic E-state index is -3.16. The van der Waals surface area contributed by atoms with Gasteiger partial charge in [-0.2, -0.15) is 0 Å². The number of hydrogen-bond donors (Lipinski definition) is 1. The zero-order chi connectivity index (χ0) is 16.3. The van der Waals surface area contributed by atoms with Crippen molar-refractivity contribution >= 4 is 9.84 Å². The number of hydrogen-bond acceptors (Lipinski definition) is 6. The molecule has 22 heavy (non-hydrogen) atoms. The fourth-order valence-corrected chi connectivity index (χ4v) is 2.73. The van der Waals surface area contributed by atoms with Crippen LogP contribution in [0.5, 0.6) is 0 Å². The highest BCUT2D eigenvalue weighted by atomic mass is 32.2. The third kappa shape index (κ3) is 3.89. The predicted octanol–water partition coefficient (Wildman–Crippen LogP) is 1.51. The Bertz CT molecular complexity index is 722. The summed E-state index contributed by atoms with van der Waals surface area (Å²) in [5.41, 5.74) is 1.01. The largest absolute Gasteiger partial charge is 0.303 e. The smallest absolute Gasteiger partial charge is 0.175 e. The minimum absolute atomic E-state index is 0.0610. The van der Waals surface area contributed by atoms with Gasteiger partial charge < -0.3 is 5.32 Å². The van der Waals surface area contributed by atoms with Crippen LogP contribution in [0.4, 0.5) is 0 Å². The van der Waals surface area contributed by atoms with Crippen LogP contribution in [0.3, 0.4) is 0 Å². The first kappa shape index (κ1) is 16.6. The summed E-state index contributed by atoms with van der Waals surface area (Å²) in [4.78, 5) is 0.326. The van der Waals surface area contributed by atoms with Gasteiger partial charge >= 0.3 is 0 Å². The summed E-state index contributed by atoms with van der Waals surface area (Å²) in [7, 11) is -3.16. The molecule has 8 heteroatoms. The molecule has 1 N–H and O–H groups in total. The van der Waals surface area contributed by atoms with Crippen molar-refractivity contribution < 1.29 is 8.42 Å². The lowest BCUT2D eigenvalue weighted by Crippen LogP contribution is -2.21. The second kappa shape index (κ2) is 6.53. The molecule has 2 rings (SSSR count). The average molecular weight is 323 g/mol. The van der Waals surface area contributed by atoms with E-state index in [4.69, 9.17) is 0 Å². The number of nitrogens with one attached hydrogen (secondary N) is 1. The lowest BCUT2D eigenvalue weighted by molar-refractivity contribution is 0.468. The number of tetrazole rings is 1. The molecule has 0 fully saturated rings. The fourth-order valence-electron chi connectivity index (χ4n) is 2.10. The Morgan fingerprint density at radius 2 is 1.82 bits per heavy atom.